The van der Waals surface area contributed by atoms with Crippen LogP contribution in [0.15, 0.2) is 36.5 Å². The molecule has 0 saturated carbocycles. The summed E-state index contributed by atoms with van der Waals surface area (Å²) in [5, 5.41) is 19.7. The first-order valence-corrected chi connectivity index (χ1v) is 8.35. The van der Waals surface area contributed by atoms with Crippen molar-refractivity contribution in [1.82, 2.24) is 25.5 Å². The van der Waals surface area contributed by atoms with E-state index in [0.29, 0.717) is 18.2 Å². The molecule has 26 heavy (non-hydrogen) atoms. The molecule has 0 aliphatic rings. The molecule has 0 radical (unpaired) electrons. The molecular formula is C19H21N5O2. The normalized spacial score (nSPS) is 12.1. The molecule has 0 spiro atoms. The van der Waals surface area contributed by atoms with Crippen LogP contribution in [0.3, 0.4) is 0 Å². The molecule has 1 atom stereocenters. The first-order valence-electron chi connectivity index (χ1n) is 8.35. The Morgan fingerprint density at radius 2 is 2.08 bits per heavy atom. The molecule has 7 nitrogen and oxygen atoms in total. The lowest BCUT2D eigenvalue weighted by Gasteiger charge is -2.13. The second-order valence-corrected chi connectivity index (χ2v) is 6.31. The van der Waals surface area contributed by atoms with E-state index in [1.165, 1.54) is 0 Å². The summed E-state index contributed by atoms with van der Waals surface area (Å²) < 4.78 is 0. The van der Waals surface area contributed by atoms with Crippen molar-refractivity contribution in [3.05, 3.63) is 64.6 Å². The van der Waals surface area contributed by atoms with E-state index < -0.39 is 5.97 Å². The number of aromatic amines is 1. The van der Waals surface area contributed by atoms with E-state index >= 15 is 0 Å². The third kappa shape index (κ3) is 3.94. The predicted molar refractivity (Wildman–Crippen MR) is 97.7 cm³/mol. The highest BCUT2D eigenvalue weighted by Crippen LogP contribution is 2.17. The molecule has 3 N–H and O–H groups in total. The Morgan fingerprint density at radius 1 is 1.27 bits per heavy atom. The Balaban J connectivity index is 1.70. The summed E-state index contributed by atoms with van der Waals surface area (Å²) >= 11 is 0. The number of H-pyrrole nitrogens is 1. The Kier molecular flexibility index (Phi) is 5.09. The molecule has 3 aromatic rings. The average Bonchev–Trinajstić information content (AvgIpc) is 3.11. The van der Waals surface area contributed by atoms with E-state index in [1.807, 2.05) is 39.0 Å². The van der Waals surface area contributed by atoms with E-state index in [9.17, 15) is 4.79 Å². The van der Waals surface area contributed by atoms with Crippen LogP contribution in [0.4, 0.5) is 0 Å². The zero-order valence-corrected chi connectivity index (χ0v) is 14.9. The fraction of sp³-hybridized carbons (Fsp3) is 0.263. The molecule has 1 unspecified atom stereocenters. The predicted octanol–water partition coefficient (Wildman–Crippen LogP) is 3.03. The van der Waals surface area contributed by atoms with Crippen LogP contribution in [-0.4, -0.2) is 31.2 Å². The van der Waals surface area contributed by atoms with Gasteiger partial charge in [-0.05, 0) is 61.7 Å². The highest BCUT2D eigenvalue weighted by atomic mass is 16.4. The van der Waals surface area contributed by atoms with Gasteiger partial charge in [0.15, 0.2) is 5.82 Å². The van der Waals surface area contributed by atoms with E-state index in [2.05, 4.69) is 25.5 Å². The maximum absolute atomic E-state index is 11.1. The SMILES string of the molecule is Cc1ccnc(-c2n[nH]c(C(C)NCc3cc(C(=O)O)ccc3C)n2)c1. The molecule has 134 valence electrons. The fourth-order valence-corrected chi connectivity index (χ4v) is 2.60. The summed E-state index contributed by atoms with van der Waals surface area (Å²) in [6.07, 6.45) is 1.74. The van der Waals surface area contributed by atoms with Crippen LogP contribution in [-0.2, 0) is 6.54 Å². The van der Waals surface area contributed by atoms with Gasteiger partial charge in [-0.2, -0.15) is 5.10 Å². The van der Waals surface area contributed by atoms with Crippen LogP contribution in [0.5, 0.6) is 0 Å². The Morgan fingerprint density at radius 3 is 2.81 bits per heavy atom. The van der Waals surface area contributed by atoms with Crippen LogP contribution in [0.1, 0.15) is 45.8 Å². The van der Waals surface area contributed by atoms with Gasteiger partial charge in [-0.3, -0.25) is 10.1 Å². The minimum Gasteiger partial charge on any atom is -0.478 e. The highest BCUT2D eigenvalue weighted by molar-refractivity contribution is 5.87. The maximum atomic E-state index is 11.1. The number of carbonyl (C=O) groups is 1. The number of rotatable bonds is 6. The lowest BCUT2D eigenvalue weighted by atomic mass is 10.0. The molecule has 2 aromatic heterocycles. The van der Waals surface area contributed by atoms with E-state index in [4.69, 9.17) is 5.11 Å². The smallest absolute Gasteiger partial charge is 0.335 e. The van der Waals surface area contributed by atoms with Crippen molar-refractivity contribution >= 4 is 5.97 Å². The van der Waals surface area contributed by atoms with Crippen molar-refractivity contribution in [2.24, 2.45) is 0 Å². The van der Waals surface area contributed by atoms with Crippen molar-refractivity contribution in [3.8, 4) is 11.5 Å². The number of pyridine rings is 1. The van der Waals surface area contributed by atoms with Gasteiger partial charge in [0, 0.05) is 12.7 Å². The molecule has 2 heterocycles. The van der Waals surface area contributed by atoms with Crippen LogP contribution < -0.4 is 5.32 Å². The van der Waals surface area contributed by atoms with Crippen molar-refractivity contribution in [2.75, 3.05) is 0 Å². The van der Waals surface area contributed by atoms with Crippen LogP contribution >= 0.6 is 0 Å². The fourth-order valence-electron chi connectivity index (χ4n) is 2.60. The van der Waals surface area contributed by atoms with Crippen molar-refractivity contribution in [1.29, 1.82) is 0 Å². The molecule has 0 saturated heterocycles. The van der Waals surface area contributed by atoms with Gasteiger partial charge in [-0.25, -0.2) is 9.78 Å². The largest absolute Gasteiger partial charge is 0.478 e. The quantitative estimate of drug-likeness (QED) is 0.631. The van der Waals surface area contributed by atoms with Crippen LogP contribution in [0.2, 0.25) is 0 Å². The summed E-state index contributed by atoms with van der Waals surface area (Å²) in [5.41, 5.74) is 4.09. The lowest BCUT2D eigenvalue weighted by molar-refractivity contribution is 0.0696. The number of hydrogen-bond donors (Lipinski definition) is 3. The van der Waals surface area contributed by atoms with Crippen molar-refractivity contribution in [3.63, 3.8) is 0 Å². The minimum atomic E-state index is -0.926. The summed E-state index contributed by atoms with van der Waals surface area (Å²) in [6.45, 7) is 6.47. The Labute approximate surface area is 151 Å². The summed E-state index contributed by atoms with van der Waals surface area (Å²) in [6, 6.07) is 8.91. The molecule has 7 heteroatoms. The minimum absolute atomic E-state index is 0.0751. The topological polar surface area (TPSA) is 104 Å². The van der Waals surface area contributed by atoms with Crippen molar-refractivity contribution < 1.29 is 9.90 Å². The number of aromatic carboxylic acids is 1. The third-order valence-electron chi connectivity index (χ3n) is 4.25. The summed E-state index contributed by atoms with van der Waals surface area (Å²) in [5.74, 6) is 0.335. The van der Waals surface area contributed by atoms with E-state index in [1.54, 1.807) is 18.3 Å². The molecular weight excluding hydrogens is 330 g/mol. The first kappa shape index (κ1) is 17.8. The van der Waals surface area contributed by atoms with Crippen LogP contribution in [0.25, 0.3) is 11.5 Å². The first-order chi connectivity index (χ1) is 12.4. The number of carboxylic acid groups (broad SMARTS) is 1. The molecule has 3 rings (SSSR count). The molecule has 0 aliphatic carbocycles. The third-order valence-corrected chi connectivity index (χ3v) is 4.25. The zero-order chi connectivity index (χ0) is 18.7. The van der Waals surface area contributed by atoms with Gasteiger partial charge in [-0.15, -0.1) is 0 Å². The Bertz CT molecular complexity index is 935. The number of nitrogens with one attached hydrogen (secondary N) is 2. The van der Waals surface area contributed by atoms with E-state index in [-0.39, 0.29) is 11.6 Å². The Hall–Kier alpha value is -3.06. The van der Waals surface area contributed by atoms with Gasteiger partial charge in [0.1, 0.15) is 11.5 Å². The van der Waals surface area contributed by atoms with Crippen molar-refractivity contribution in [2.45, 2.75) is 33.4 Å². The zero-order valence-electron chi connectivity index (χ0n) is 14.9. The average molecular weight is 351 g/mol. The number of hydrogen-bond acceptors (Lipinski definition) is 5. The van der Waals surface area contributed by atoms with Gasteiger partial charge in [0.05, 0.1) is 11.6 Å². The van der Waals surface area contributed by atoms with E-state index in [0.717, 1.165) is 22.4 Å². The molecule has 0 amide bonds. The molecule has 0 bridgehead atoms. The number of aryl methyl sites for hydroxylation is 2. The monoisotopic (exact) mass is 351 g/mol. The van der Waals surface area contributed by atoms with Gasteiger partial charge in [0.2, 0.25) is 0 Å². The molecule has 1 aromatic carbocycles. The number of aromatic nitrogens is 4. The van der Waals surface area contributed by atoms with Gasteiger partial charge in [0.25, 0.3) is 0 Å². The maximum Gasteiger partial charge on any atom is 0.335 e. The van der Waals surface area contributed by atoms with Crippen LogP contribution in [0, 0.1) is 13.8 Å². The second-order valence-electron chi connectivity index (χ2n) is 6.31. The molecule has 0 aliphatic heterocycles. The summed E-state index contributed by atoms with van der Waals surface area (Å²) in [4.78, 5) is 19.9. The standard InChI is InChI=1S/C19H21N5O2/c1-11-6-7-20-16(8-11)18-22-17(23-24-18)13(3)21-10-15-9-14(19(25)26)5-4-12(15)2/h4-9,13,21H,10H2,1-3H3,(H,25,26)(H,22,23,24). The van der Waals surface area contributed by atoms with Gasteiger partial charge >= 0.3 is 5.97 Å². The lowest BCUT2D eigenvalue weighted by Crippen LogP contribution is -2.20. The number of nitrogens with zero attached hydrogens (tertiary/aromatic N) is 3. The number of benzene rings is 1. The van der Waals surface area contributed by atoms with Gasteiger partial charge < -0.3 is 10.4 Å². The van der Waals surface area contributed by atoms with Gasteiger partial charge in [-0.1, -0.05) is 6.07 Å². The summed E-state index contributed by atoms with van der Waals surface area (Å²) in [7, 11) is 0. The number of carboxylic acids is 1. The molecule has 0 fully saturated rings. The highest BCUT2D eigenvalue weighted by Gasteiger charge is 2.14. The second kappa shape index (κ2) is 7.45.